The van der Waals surface area contributed by atoms with Crippen molar-refractivity contribution in [1.29, 1.82) is 0 Å². The van der Waals surface area contributed by atoms with E-state index in [4.69, 9.17) is 4.74 Å². The Morgan fingerprint density at radius 3 is 2.26 bits per heavy atom. The highest BCUT2D eigenvalue weighted by atomic mass is 19.4. The minimum absolute atomic E-state index is 0.0444. The Morgan fingerprint density at radius 2 is 1.71 bits per heavy atom. The van der Waals surface area contributed by atoms with Gasteiger partial charge < -0.3 is 14.9 Å². The zero-order valence-corrected chi connectivity index (χ0v) is 18.2. The second-order valence-electron chi connectivity index (χ2n) is 7.62. The lowest BCUT2D eigenvalue weighted by Gasteiger charge is -2.15. The predicted molar refractivity (Wildman–Crippen MR) is 120 cm³/mol. The molecule has 2 N–H and O–H groups in total. The van der Waals surface area contributed by atoms with Crippen molar-refractivity contribution in [3.8, 4) is 22.6 Å². The highest BCUT2D eigenvalue weighted by molar-refractivity contribution is 5.82. The van der Waals surface area contributed by atoms with Crippen LogP contribution in [-0.4, -0.2) is 22.5 Å². The molecule has 0 fully saturated rings. The van der Waals surface area contributed by atoms with Crippen LogP contribution in [0.15, 0.2) is 67.3 Å². The third-order valence-corrected chi connectivity index (χ3v) is 5.39. The minimum atomic E-state index is -4.85. The Balaban J connectivity index is 1.78. The Labute approximate surface area is 197 Å². The van der Waals surface area contributed by atoms with Crippen molar-refractivity contribution in [3.63, 3.8) is 0 Å². The van der Waals surface area contributed by atoms with Crippen molar-refractivity contribution in [3.05, 3.63) is 95.3 Å². The van der Waals surface area contributed by atoms with Gasteiger partial charge in [-0.15, -0.1) is 6.58 Å². The van der Waals surface area contributed by atoms with E-state index in [2.05, 4.69) is 6.58 Å². The molecule has 0 aliphatic heterocycles. The highest BCUT2D eigenvalue weighted by Crippen LogP contribution is 2.38. The summed E-state index contributed by atoms with van der Waals surface area (Å²) in [6.07, 6.45) is -2.99. The molecule has 0 aromatic heterocycles. The molecule has 182 valence electrons. The van der Waals surface area contributed by atoms with Crippen LogP contribution in [0.1, 0.15) is 39.4 Å². The molecule has 1 unspecified atom stereocenters. The number of aldehydes is 1. The summed E-state index contributed by atoms with van der Waals surface area (Å²) in [6, 6.07) is 12.3. The summed E-state index contributed by atoms with van der Waals surface area (Å²) in [4.78, 5) is 22.7. The SMILES string of the molecule is C=CCC(C(=O)O)c1ccc(-c2ccc(OCc3ccc(C(F)(F)F)c(O)c3C=O)c(F)c2)cc1. The fourth-order valence-corrected chi connectivity index (χ4v) is 3.54. The quantitative estimate of drug-likeness (QED) is 0.208. The van der Waals surface area contributed by atoms with Crippen LogP contribution in [0.5, 0.6) is 11.5 Å². The lowest BCUT2D eigenvalue weighted by Crippen LogP contribution is -2.10. The Bertz CT molecular complexity index is 1250. The van der Waals surface area contributed by atoms with Crippen LogP contribution < -0.4 is 4.74 Å². The summed E-state index contributed by atoms with van der Waals surface area (Å²) >= 11 is 0. The van der Waals surface area contributed by atoms with E-state index in [1.165, 1.54) is 18.2 Å². The van der Waals surface area contributed by atoms with Gasteiger partial charge >= 0.3 is 12.1 Å². The van der Waals surface area contributed by atoms with Gasteiger partial charge in [0.25, 0.3) is 0 Å². The first-order chi connectivity index (χ1) is 16.6. The van der Waals surface area contributed by atoms with Gasteiger partial charge in [-0.05, 0) is 41.3 Å². The van der Waals surface area contributed by atoms with Crippen molar-refractivity contribution in [2.75, 3.05) is 0 Å². The zero-order chi connectivity index (χ0) is 25.8. The van der Waals surface area contributed by atoms with Gasteiger partial charge in [-0.3, -0.25) is 9.59 Å². The van der Waals surface area contributed by atoms with E-state index >= 15 is 0 Å². The summed E-state index contributed by atoms with van der Waals surface area (Å²) < 4.78 is 58.8. The molecule has 0 saturated carbocycles. The average molecular weight is 488 g/mol. The molecule has 5 nitrogen and oxygen atoms in total. The van der Waals surface area contributed by atoms with E-state index in [1.54, 1.807) is 30.3 Å². The fourth-order valence-electron chi connectivity index (χ4n) is 3.54. The second-order valence-corrected chi connectivity index (χ2v) is 7.62. The molecule has 35 heavy (non-hydrogen) atoms. The third kappa shape index (κ3) is 5.68. The van der Waals surface area contributed by atoms with Crippen molar-refractivity contribution in [2.45, 2.75) is 25.1 Å². The molecule has 0 aliphatic carbocycles. The molecule has 0 heterocycles. The van der Waals surface area contributed by atoms with E-state index < -0.39 is 47.4 Å². The first-order valence-electron chi connectivity index (χ1n) is 10.3. The molecule has 3 aromatic carbocycles. The summed E-state index contributed by atoms with van der Waals surface area (Å²) in [5.74, 6) is -3.91. The molecule has 3 aromatic rings. The topological polar surface area (TPSA) is 83.8 Å². The highest BCUT2D eigenvalue weighted by Gasteiger charge is 2.35. The van der Waals surface area contributed by atoms with Crippen molar-refractivity contribution in [1.82, 2.24) is 0 Å². The van der Waals surface area contributed by atoms with Gasteiger partial charge in [0.15, 0.2) is 17.9 Å². The Morgan fingerprint density at radius 1 is 1.06 bits per heavy atom. The number of aromatic hydroxyl groups is 1. The molecular weight excluding hydrogens is 468 g/mol. The molecule has 3 rings (SSSR count). The van der Waals surface area contributed by atoms with Gasteiger partial charge in [-0.2, -0.15) is 13.2 Å². The number of ether oxygens (including phenoxy) is 1. The number of phenolic OH excluding ortho intramolecular Hbond substituents is 1. The van der Waals surface area contributed by atoms with Gasteiger partial charge in [-0.1, -0.05) is 42.5 Å². The van der Waals surface area contributed by atoms with Crippen molar-refractivity contribution in [2.24, 2.45) is 0 Å². The number of carbonyl (C=O) groups is 2. The fraction of sp³-hybridized carbons (Fsp3) is 0.154. The molecule has 0 spiro atoms. The lowest BCUT2D eigenvalue weighted by molar-refractivity contribution is -0.139. The largest absolute Gasteiger partial charge is 0.507 e. The van der Waals surface area contributed by atoms with Crippen LogP contribution in [0.4, 0.5) is 17.6 Å². The maximum Gasteiger partial charge on any atom is 0.419 e. The first-order valence-corrected chi connectivity index (χ1v) is 10.3. The number of hydrogen-bond donors (Lipinski definition) is 2. The van der Waals surface area contributed by atoms with Crippen LogP contribution in [-0.2, 0) is 17.6 Å². The summed E-state index contributed by atoms with van der Waals surface area (Å²) in [5.41, 5.74) is -0.308. The van der Waals surface area contributed by atoms with Crippen LogP contribution in [0.25, 0.3) is 11.1 Å². The average Bonchev–Trinajstić information content (AvgIpc) is 2.81. The van der Waals surface area contributed by atoms with Crippen molar-refractivity contribution < 1.29 is 42.1 Å². The summed E-state index contributed by atoms with van der Waals surface area (Å²) in [7, 11) is 0. The molecule has 0 bridgehead atoms. The molecule has 0 aliphatic rings. The standard InChI is InChI=1S/C26H20F4O5/c1-2-3-19(25(33)34)16-6-4-15(5-7-16)17-9-11-23(22(27)12-17)35-14-18-8-10-21(26(28,29)30)24(32)20(18)13-31/h2,4-13,19,32H,1,3,14H2,(H,33,34). The van der Waals surface area contributed by atoms with Crippen LogP contribution in [0.2, 0.25) is 0 Å². The van der Waals surface area contributed by atoms with E-state index in [9.17, 15) is 37.4 Å². The second kappa shape index (κ2) is 10.4. The van der Waals surface area contributed by atoms with E-state index in [1.807, 2.05) is 0 Å². The van der Waals surface area contributed by atoms with Crippen LogP contribution >= 0.6 is 0 Å². The van der Waals surface area contributed by atoms with E-state index in [0.717, 1.165) is 6.07 Å². The monoisotopic (exact) mass is 488 g/mol. The van der Waals surface area contributed by atoms with Gasteiger partial charge in [0.2, 0.25) is 0 Å². The number of carboxylic acids is 1. The minimum Gasteiger partial charge on any atom is -0.507 e. The van der Waals surface area contributed by atoms with Gasteiger partial charge in [0.05, 0.1) is 17.0 Å². The molecule has 0 radical (unpaired) electrons. The number of halogens is 4. The van der Waals surface area contributed by atoms with Crippen molar-refractivity contribution >= 4 is 12.3 Å². The number of allylic oxidation sites excluding steroid dienone is 1. The molecular formula is C26H20F4O5. The number of aliphatic carboxylic acids is 1. The number of hydrogen-bond acceptors (Lipinski definition) is 4. The van der Waals surface area contributed by atoms with Gasteiger partial charge in [0, 0.05) is 5.56 Å². The maximum absolute atomic E-state index is 14.7. The normalized spacial score (nSPS) is 12.1. The Kier molecular flexibility index (Phi) is 7.58. The lowest BCUT2D eigenvalue weighted by atomic mass is 9.94. The molecule has 0 saturated heterocycles. The Hall–Kier alpha value is -4.14. The number of benzene rings is 3. The smallest absolute Gasteiger partial charge is 0.419 e. The van der Waals surface area contributed by atoms with E-state index in [-0.39, 0.29) is 24.0 Å². The summed E-state index contributed by atoms with van der Waals surface area (Å²) in [6.45, 7) is 3.11. The zero-order valence-electron chi connectivity index (χ0n) is 18.2. The third-order valence-electron chi connectivity index (χ3n) is 5.39. The summed E-state index contributed by atoms with van der Waals surface area (Å²) in [5, 5.41) is 19.2. The molecule has 9 heteroatoms. The predicted octanol–water partition coefficient (Wildman–Crippen LogP) is 6.35. The number of rotatable bonds is 9. The first kappa shape index (κ1) is 25.5. The number of carboxylic acid groups (broad SMARTS) is 1. The van der Waals surface area contributed by atoms with Crippen LogP contribution in [0.3, 0.4) is 0 Å². The van der Waals surface area contributed by atoms with Gasteiger partial charge in [0.1, 0.15) is 12.4 Å². The number of carbonyl (C=O) groups excluding carboxylic acids is 1. The van der Waals surface area contributed by atoms with Crippen LogP contribution in [0, 0.1) is 5.82 Å². The van der Waals surface area contributed by atoms with Gasteiger partial charge in [-0.25, -0.2) is 4.39 Å². The number of phenols is 1. The molecule has 0 amide bonds. The maximum atomic E-state index is 14.7. The molecule has 1 atom stereocenters. The van der Waals surface area contributed by atoms with E-state index in [0.29, 0.717) is 22.8 Å². The number of alkyl halides is 3.